The maximum Gasteiger partial charge on any atom is 0.306 e. The summed E-state index contributed by atoms with van der Waals surface area (Å²) in [5, 5.41) is 11.0. The fraction of sp³-hybridized carbons (Fsp3) is 0.517. The van der Waals surface area contributed by atoms with Crippen LogP contribution < -0.4 is 9.47 Å². The van der Waals surface area contributed by atoms with Crippen LogP contribution in [-0.2, 0) is 31.9 Å². The predicted molar refractivity (Wildman–Crippen MR) is 156 cm³/mol. The van der Waals surface area contributed by atoms with Gasteiger partial charge in [-0.05, 0) is 91.8 Å². The van der Waals surface area contributed by atoms with Gasteiger partial charge >= 0.3 is 11.9 Å². The van der Waals surface area contributed by atoms with Crippen LogP contribution in [0.2, 0.25) is 0 Å². The Balaban J connectivity index is 1.86. The minimum atomic E-state index is -0.417. The maximum absolute atomic E-state index is 12.0. The number of nitro groups is 1. The van der Waals surface area contributed by atoms with E-state index in [0.717, 1.165) is 52.6 Å². The molecule has 0 bridgehead atoms. The fourth-order valence-electron chi connectivity index (χ4n) is 4.05. The Hall–Kier alpha value is -2.89. The summed E-state index contributed by atoms with van der Waals surface area (Å²) >= 11 is 2.04. The summed E-state index contributed by atoms with van der Waals surface area (Å²) in [6.07, 6.45) is 6.28. The first-order valence-electron chi connectivity index (χ1n) is 13.5. The molecule has 2 aromatic carbocycles. The molecule has 0 saturated carbocycles. The number of rotatable bonds is 19. The topological polar surface area (TPSA) is 114 Å². The zero-order valence-electron chi connectivity index (χ0n) is 22.7. The molecule has 214 valence electrons. The summed E-state index contributed by atoms with van der Waals surface area (Å²) in [6.45, 7) is 5.17. The molecule has 0 N–H and O–H groups in total. The Kier molecular flexibility index (Phi) is 15.3. The highest BCUT2D eigenvalue weighted by Crippen LogP contribution is 2.27. The van der Waals surface area contributed by atoms with Gasteiger partial charge in [-0.25, -0.2) is 0 Å². The second-order valence-electron chi connectivity index (χ2n) is 8.87. The van der Waals surface area contributed by atoms with E-state index in [1.165, 1.54) is 12.1 Å². The SMILES string of the molecule is CCOC(=O)CCCOc1cccc(CCCCCCOc2cc(I)cc([N+](=O)[O-])c2)c1CCC(=O)OCC. The van der Waals surface area contributed by atoms with Crippen molar-refractivity contribution in [3.63, 3.8) is 0 Å². The predicted octanol–water partition coefficient (Wildman–Crippen LogP) is 6.60. The van der Waals surface area contributed by atoms with Crippen molar-refractivity contribution in [1.29, 1.82) is 0 Å². The number of esters is 2. The molecule has 0 fully saturated rings. The van der Waals surface area contributed by atoms with Crippen molar-refractivity contribution in [3.05, 3.63) is 61.2 Å². The van der Waals surface area contributed by atoms with Crippen LogP contribution >= 0.6 is 22.6 Å². The minimum Gasteiger partial charge on any atom is -0.493 e. The lowest BCUT2D eigenvalue weighted by molar-refractivity contribution is -0.385. The van der Waals surface area contributed by atoms with Crippen LogP contribution in [0.4, 0.5) is 5.69 Å². The van der Waals surface area contributed by atoms with E-state index >= 15 is 0 Å². The van der Waals surface area contributed by atoms with Crippen LogP contribution in [0, 0.1) is 13.7 Å². The molecule has 0 saturated heterocycles. The summed E-state index contributed by atoms with van der Waals surface area (Å²) in [5.41, 5.74) is 2.18. The van der Waals surface area contributed by atoms with E-state index in [0.29, 0.717) is 51.4 Å². The number of hydrogen-bond acceptors (Lipinski definition) is 8. The van der Waals surface area contributed by atoms with Crippen LogP contribution in [-0.4, -0.2) is 43.3 Å². The van der Waals surface area contributed by atoms with Crippen molar-refractivity contribution in [2.24, 2.45) is 0 Å². The first kappa shape index (κ1) is 32.3. The van der Waals surface area contributed by atoms with E-state index in [9.17, 15) is 19.7 Å². The average molecular weight is 656 g/mol. The third-order valence-corrected chi connectivity index (χ3v) is 6.50. The van der Waals surface area contributed by atoms with Crippen molar-refractivity contribution >= 4 is 40.2 Å². The molecule has 0 atom stereocenters. The molecule has 9 nitrogen and oxygen atoms in total. The van der Waals surface area contributed by atoms with Gasteiger partial charge in [0.05, 0.1) is 37.4 Å². The first-order chi connectivity index (χ1) is 18.8. The number of aryl methyl sites for hydroxylation is 1. The van der Waals surface area contributed by atoms with Crippen LogP contribution in [0.25, 0.3) is 0 Å². The van der Waals surface area contributed by atoms with Gasteiger partial charge in [-0.3, -0.25) is 19.7 Å². The quantitative estimate of drug-likeness (QED) is 0.0547. The Labute approximate surface area is 243 Å². The van der Waals surface area contributed by atoms with Gasteiger partial charge in [-0.15, -0.1) is 0 Å². The molecule has 39 heavy (non-hydrogen) atoms. The highest BCUT2D eigenvalue weighted by atomic mass is 127. The van der Waals surface area contributed by atoms with Crippen LogP contribution in [0.15, 0.2) is 36.4 Å². The number of carbonyl (C=O) groups excluding carboxylic acids is 2. The van der Waals surface area contributed by atoms with Gasteiger partial charge in [0.15, 0.2) is 0 Å². The number of unbranched alkanes of at least 4 members (excludes halogenated alkanes) is 3. The number of nitrogens with zero attached hydrogens (tertiary/aromatic N) is 1. The van der Waals surface area contributed by atoms with Gasteiger partial charge in [-0.1, -0.05) is 25.0 Å². The van der Waals surface area contributed by atoms with E-state index in [1.54, 1.807) is 19.9 Å². The van der Waals surface area contributed by atoms with E-state index in [1.807, 2.05) is 34.7 Å². The van der Waals surface area contributed by atoms with Crippen molar-refractivity contribution in [1.82, 2.24) is 0 Å². The normalized spacial score (nSPS) is 10.6. The molecule has 0 aromatic heterocycles. The standard InChI is InChI=1S/C29H38INO8/c1-3-36-28(32)14-10-18-39-27-13-9-12-22(26(27)15-16-29(33)37-4-2)11-7-5-6-8-17-38-25-20-23(30)19-24(21-25)31(34)35/h9,12-13,19-21H,3-8,10-11,14-18H2,1-2H3. The largest absolute Gasteiger partial charge is 0.493 e. The first-order valence-corrected chi connectivity index (χ1v) is 14.5. The molecule has 10 heteroatoms. The van der Waals surface area contributed by atoms with Gasteiger partial charge in [0, 0.05) is 22.5 Å². The summed E-state index contributed by atoms with van der Waals surface area (Å²) < 4.78 is 22.6. The molecule has 2 aromatic rings. The summed E-state index contributed by atoms with van der Waals surface area (Å²) in [4.78, 5) is 34.2. The number of benzene rings is 2. The number of halogens is 1. The van der Waals surface area contributed by atoms with Gasteiger partial charge < -0.3 is 18.9 Å². The second-order valence-corrected chi connectivity index (χ2v) is 10.1. The van der Waals surface area contributed by atoms with Crippen molar-refractivity contribution in [3.8, 4) is 11.5 Å². The number of ether oxygens (including phenoxy) is 4. The molecular formula is C29H38INO8. The number of carbonyl (C=O) groups is 2. The summed E-state index contributed by atoms with van der Waals surface area (Å²) in [5.74, 6) is 0.779. The Bertz CT molecular complexity index is 1080. The van der Waals surface area contributed by atoms with Crippen LogP contribution in [0.5, 0.6) is 11.5 Å². The third-order valence-electron chi connectivity index (χ3n) is 5.88. The molecule has 0 unspecified atom stereocenters. The molecule has 0 spiro atoms. The maximum atomic E-state index is 12.0. The Morgan fingerprint density at radius 1 is 0.846 bits per heavy atom. The number of non-ortho nitro benzene ring substituents is 1. The molecule has 0 heterocycles. The molecule has 0 radical (unpaired) electrons. The van der Waals surface area contributed by atoms with Crippen molar-refractivity contribution < 1.29 is 33.5 Å². The smallest absolute Gasteiger partial charge is 0.306 e. The number of nitro benzene ring substituents is 1. The van der Waals surface area contributed by atoms with E-state index in [2.05, 4.69) is 6.07 Å². The summed E-state index contributed by atoms with van der Waals surface area (Å²) in [7, 11) is 0. The van der Waals surface area contributed by atoms with E-state index < -0.39 is 4.92 Å². The molecule has 2 rings (SSSR count). The van der Waals surface area contributed by atoms with Crippen LogP contribution in [0.1, 0.15) is 69.9 Å². The monoisotopic (exact) mass is 655 g/mol. The lowest BCUT2D eigenvalue weighted by atomic mass is 9.96. The van der Waals surface area contributed by atoms with E-state index in [4.69, 9.17) is 18.9 Å². The highest BCUT2D eigenvalue weighted by Gasteiger charge is 2.13. The van der Waals surface area contributed by atoms with Gasteiger partial charge in [0.1, 0.15) is 11.5 Å². The lowest BCUT2D eigenvalue weighted by Gasteiger charge is -2.16. The minimum absolute atomic E-state index is 0.0286. The van der Waals surface area contributed by atoms with Crippen molar-refractivity contribution in [2.45, 2.75) is 71.6 Å². The summed E-state index contributed by atoms with van der Waals surface area (Å²) in [6, 6.07) is 10.7. The lowest BCUT2D eigenvalue weighted by Crippen LogP contribution is -2.10. The van der Waals surface area contributed by atoms with Gasteiger partial charge in [0.2, 0.25) is 0 Å². The van der Waals surface area contributed by atoms with E-state index in [-0.39, 0.29) is 24.0 Å². The van der Waals surface area contributed by atoms with Crippen LogP contribution in [0.3, 0.4) is 0 Å². The Morgan fingerprint density at radius 2 is 1.54 bits per heavy atom. The number of hydrogen-bond donors (Lipinski definition) is 0. The molecule has 0 aliphatic carbocycles. The third kappa shape index (κ3) is 12.7. The molecular weight excluding hydrogens is 617 g/mol. The highest BCUT2D eigenvalue weighted by molar-refractivity contribution is 14.1. The fourth-order valence-corrected chi connectivity index (χ4v) is 4.68. The van der Waals surface area contributed by atoms with Gasteiger partial charge in [-0.2, -0.15) is 0 Å². The zero-order chi connectivity index (χ0) is 28.5. The zero-order valence-corrected chi connectivity index (χ0v) is 24.9. The molecule has 0 aliphatic heterocycles. The van der Waals surface area contributed by atoms with Crippen molar-refractivity contribution in [2.75, 3.05) is 26.4 Å². The van der Waals surface area contributed by atoms with Gasteiger partial charge in [0.25, 0.3) is 5.69 Å². The molecule has 0 amide bonds. The average Bonchev–Trinajstić information content (AvgIpc) is 2.90. The second kappa shape index (κ2) is 18.4. The Morgan fingerprint density at radius 3 is 2.26 bits per heavy atom. The molecule has 0 aliphatic rings.